The molecule has 0 bridgehead atoms. The summed E-state index contributed by atoms with van der Waals surface area (Å²) in [6.07, 6.45) is 2.10. The summed E-state index contributed by atoms with van der Waals surface area (Å²) in [5.74, 6) is -0.123. The molecule has 2 aromatic rings. The van der Waals surface area contributed by atoms with Gasteiger partial charge in [-0.1, -0.05) is 23.7 Å². The maximum Gasteiger partial charge on any atom is 0.224 e. The molecule has 0 heterocycles. The molecule has 0 aromatic heterocycles. The Balaban J connectivity index is 1.90. The number of hydrogen-bond donors (Lipinski definition) is 1. The van der Waals surface area contributed by atoms with E-state index in [-0.39, 0.29) is 10.8 Å². The topological polar surface area (TPSA) is 63.2 Å². The molecule has 0 unspecified atom stereocenters. The zero-order chi connectivity index (χ0) is 16.2. The Morgan fingerprint density at radius 1 is 1.05 bits per heavy atom. The number of amides is 1. The fourth-order valence-electron chi connectivity index (χ4n) is 1.92. The maximum atomic E-state index is 11.9. The molecule has 4 nitrogen and oxygen atoms in total. The monoisotopic (exact) mass is 337 g/mol. The minimum Gasteiger partial charge on any atom is -0.326 e. The van der Waals surface area contributed by atoms with Crippen molar-refractivity contribution < 1.29 is 13.2 Å². The van der Waals surface area contributed by atoms with Crippen LogP contribution in [-0.2, 0) is 21.1 Å². The Hall–Kier alpha value is -1.85. The standard InChI is InChI=1S/C16H16ClNO3S/c1-22(20,21)15-9-7-14(8-10-15)18-16(19)11-4-12-2-5-13(17)6-3-12/h2-3,5-10H,4,11H2,1H3,(H,18,19). The molecule has 0 aliphatic heterocycles. The van der Waals surface area contributed by atoms with Crippen molar-refractivity contribution in [3.8, 4) is 0 Å². The van der Waals surface area contributed by atoms with Crippen LogP contribution in [0.4, 0.5) is 5.69 Å². The highest BCUT2D eigenvalue weighted by molar-refractivity contribution is 7.90. The fraction of sp³-hybridized carbons (Fsp3) is 0.188. The van der Waals surface area contributed by atoms with Crippen molar-refractivity contribution in [2.45, 2.75) is 17.7 Å². The third-order valence-corrected chi connectivity index (χ3v) is 4.50. The molecule has 2 aromatic carbocycles. The van der Waals surface area contributed by atoms with Gasteiger partial charge in [-0.25, -0.2) is 8.42 Å². The van der Waals surface area contributed by atoms with Crippen LogP contribution in [0.15, 0.2) is 53.4 Å². The van der Waals surface area contributed by atoms with Gasteiger partial charge in [0.1, 0.15) is 0 Å². The molecule has 0 atom stereocenters. The highest BCUT2D eigenvalue weighted by Gasteiger charge is 2.07. The molecule has 0 saturated heterocycles. The molecule has 6 heteroatoms. The lowest BCUT2D eigenvalue weighted by Gasteiger charge is -2.06. The van der Waals surface area contributed by atoms with Crippen LogP contribution in [-0.4, -0.2) is 20.6 Å². The van der Waals surface area contributed by atoms with E-state index in [0.29, 0.717) is 23.6 Å². The van der Waals surface area contributed by atoms with E-state index < -0.39 is 9.84 Å². The van der Waals surface area contributed by atoms with Crippen LogP contribution in [0.1, 0.15) is 12.0 Å². The van der Waals surface area contributed by atoms with E-state index in [4.69, 9.17) is 11.6 Å². The summed E-state index contributed by atoms with van der Waals surface area (Å²) in [5.41, 5.74) is 1.61. The summed E-state index contributed by atoms with van der Waals surface area (Å²) in [5, 5.41) is 3.41. The summed E-state index contributed by atoms with van der Waals surface area (Å²) in [7, 11) is -3.22. The number of aryl methyl sites for hydroxylation is 1. The molecule has 0 fully saturated rings. The quantitative estimate of drug-likeness (QED) is 0.910. The van der Waals surface area contributed by atoms with Gasteiger partial charge in [0, 0.05) is 23.4 Å². The molecular weight excluding hydrogens is 322 g/mol. The van der Waals surface area contributed by atoms with Gasteiger partial charge in [0.05, 0.1) is 4.90 Å². The number of carbonyl (C=O) groups excluding carboxylic acids is 1. The third kappa shape index (κ3) is 4.86. The van der Waals surface area contributed by atoms with Crippen molar-refractivity contribution in [3.05, 3.63) is 59.1 Å². The van der Waals surface area contributed by atoms with E-state index in [0.717, 1.165) is 11.8 Å². The lowest BCUT2D eigenvalue weighted by molar-refractivity contribution is -0.116. The average Bonchev–Trinajstić information content (AvgIpc) is 2.46. The van der Waals surface area contributed by atoms with Gasteiger partial charge in [-0.2, -0.15) is 0 Å². The van der Waals surface area contributed by atoms with Crippen LogP contribution in [0.5, 0.6) is 0 Å². The number of nitrogens with one attached hydrogen (secondary N) is 1. The number of hydrogen-bond acceptors (Lipinski definition) is 3. The summed E-state index contributed by atoms with van der Waals surface area (Å²) in [6, 6.07) is 13.5. The molecule has 0 spiro atoms. The van der Waals surface area contributed by atoms with Crippen LogP contribution in [0.25, 0.3) is 0 Å². The zero-order valence-electron chi connectivity index (χ0n) is 12.0. The second-order valence-corrected chi connectivity index (χ2v) is 7.42. The molecule has 1 amide bonds. The highest BCUT2D eigenvalue weighted by atomic mass is 35.5. The summed E-state index contributed by atoms with van der Waals surface area (Å²) >= 11 is 5.80. The van der Waals surface area contributed by atoms with Gasteiger partial charge in [0.25, 0.3) is 0 Å². The van der Waals surface area contributed by atoms with Gasteiger partial charge in [-0.15, -0.1) is 0 Å². The maximum absolute atomic E-state index is 11.9. The van der Waals surface area contributed by atoms with Crippen molar-refractivity contribution in [3.63, 3.8) is 0 Å². The average molecular weight is 338 g/mol. The molecule has 0 radical (unpaired) electrons. The van der Waals surface area contributed by atoms with Gasteiger partial charge < -0.3 is 5.32 Å². The number of benzene rings is 2. The molecule has 1 N–H and O–H groups in total. The van der Waals surface area contributed by atoms with Crippen LogP contribution < -0.4 is 5.32 Å². The Kier molecular flexibility index (Phi) is 5.21. The Labute approximate surface area is 135 Å². The number of anilines is 1. The van der Waals surface area contributed by atoms with E-state index in [1.165, 1.54) is 12.1 Å². The summed E-state index contributed by atoms with van der Waals surface area (Å²) in [4.78, 5) is 12.1. The molecule has 2 rings (SSSR count). The highest BCUT2D eigenvalue weighted by Crippen LogP contribution is 2.15. The van der Waals surface area contributed by atoms with Crippen molar-refractivity contribution >= 4 is 33.0 Å². The minimum atomic E-state index is -3.22. The molecule has 116 valence electrons. The smallest absolute Gasteiger partial charge is 0.224 e. The van der Waals surface area contributed by atoms with E-state index in [9.17, 15) is 13.2 Å². The first-order valence-electron chi connectivity index (χ1n) is 6.69. The first-order valence-corrected chi connectivity index (χ1v) is 8.96. The Morgan fingerprint density at radius 3 is 2.18 bits per heavy atom. The Bertz CT molecular complexity index is 753. The van der Waals surface area contributed by atoms with Gasteiger partial charge in [0.15, 0.2) is 9.84 Å². The third-order valence-electron chi connectivity index (χ3n) is 3.12. The van der Waals surface area contributed by atoms with Crippen LogP contribution in [0.3, 0.4) is 0 Å². The van der Waals surface area contributed by atoms with Crippen molar-refractivity contribution in [2.75, 3.05) is 11.6 Å². The van der Waals surface area contributed by atoms with E-state index in [2.05, 4.69) is 5.32 Å². The second kappa shape index (κ2) is 6.94. The van der Waals surface area contributed by atoms with E-state index in [1.807, 2.05) is 12.1 Å². The normalized spacial score (nSPS) is 11.2. The number of halogens is 1. The van der Waals surface area contributed by atoms with Crippen molar-refractivity contribution in [1.82, 2.24) is 0 Å². The molecule has 0 saturated carbocycles. The van der Waals surface area contributed by atoms with Gasteiger partial charge in [-0.05, 0) is 48.4 Å². The minimum absolute atomic E-state index is 0.123. The summed E-state index contributed by atoms with van der Waals surface area (Å²) in [6.45, 7) is 0. The number of rotatable bonds is 5. The van der Waals surface area contributed by atoms with Crippen molar-refractivity contribution in [2.24, 2.45) is 0 Å². The molecule has 22 heavy (non-hydrogen) atoms. The Morgan fingerprint density at radius 2 is 1.64 bits per heavy atom. The first kappa shape index (κ1) is 16.5. The molecule has 0 aliphatic rings. The largest absolute Gasteiger partial charge is 0.326 e. The first-order chi connectivity index (χ1) is 10.3. The lowest BCUT2D eigenvalue weighted by atomic mass is 10.1. The van der Waals surface area contributed by atoms with Gasteiger partial charge in [-0.3, -0.25) is 4.79 Å². The van der Waals surface area contributed by atoms with Crippen molar-refractivity contribution in [1.29, 1.82) is 0 Å². The predicted octanol–water partition coefficient (Wildman–Crippen LogP) is 3.31. The molecular formula is C16H16ClNO3S. The van der Waals surface area contributed by atoms with E-state index >= 15 is 0 Å². The van der Waals surface area contributed by atoms with Crippen LogP contribution >= 0.6 is 11.6 Å². The fourth-order valence-corrected chi connectivity index (χ4v) is 2.67. The molecule has 0 aliphatic carbocycles. The second-order valence-electron chi connectivity index (χ2n) is 4.97. The van der Waals surface area contributed by atoms with Crippen LogP contribution in [0, 0.1) is 0 Å². The van der Waals surface area contributed by atoms with Crippen LogP contribution in [0.2, 0.25) is 5.02 Å². The number of carbonyl (C=O) groups is 1. The SMILES string of the molecule is CS(=O)(=O)c1ccc(NC(=O)CCc2ccc(Cl)cc2)cc1. The zero-order valence-corrected chi connectivity index (χ0v) is 13.6. The lowest BCUT2D eigenvalue weighted by Crippen LogP contribution is -2.12. The van der Waals surface area contributed by atoms with Gasteiger partial charge >= 0.3 is 0 Å². The van der Waals surface area contributed by atoms with E-state index in [1.54, 1.807) is 24.3 Å². The summed E-state index contributed by atoms with van der Waals surface area (Å²) < 4.78 is 22.7. The van der Waals surface area contributed by atoms with Gasteiger partial charge in [0.2, 0.25) is 5.91 Å². The number of sulfone groups is 1. The predicted molar refractivity (Wildman–Crippen MR) is 88.0 cm³/mol.